The van der Waals surface area contributed by atoms with Gasteiger partial charge in [-0.15, -0.1) is 0 Å². The number of ether oxygens (including phenoxy) is 1. The number of aliphatic hydroxyl groups is 1. The van der Waals surface area contributed by atoms with Gasteiger partial charge in [0.2, 0.25) is 0 Å². The highest BCUT2D eigenvalue weighted by Crippen LogP contribution is 2.12. The number of hydrogen-bond acceptors (Lipinski definition) is 2. The first-order valence-electron chi connectivity index (χ1n) is 5.19. The van der Waals surface area contributed by atoms with Crippen LogP contribution in [0.5, 0.6) is 5.75 Å². The zero-order valence-corrected chi connectivity index (χ0v) is 8.99. The van der Waals surface area contributed by atoms with E-state index >= 15 is 0 Å². The smallest absolute Gasteiger partial charge is 0.120 e. The molecule has 2 nitrogen and oxygen atoms in total. The van der Waals surface area contributed by atoms with E-state index in [2.05, 4.69) is 18.8 Å². The highest BCUT2D eigenvalue weighted by atomic mass is 16.5. The quantitative estimate of drug-likeness (QED) is 0.602. The van der Waals surface area contributed by atoms with Crippen molar-refractivity contribution in [2.45, 2.75) is 19.8 Å². The van der Waals surface area contributed by atoms with E-state index in [4.69, 9.17) is 9.84 Å². The standard InChI is InChI=1S/C13H16O2/c1-2-3-10-15-13-8-4-6-12(11-13)7-5-9-14/h4,6,8,11,14H,2-3,9-10H2,1H3. The molecule has 0 heterocycles. The summed E-state index contributed by atoms with van der Waals surface area (Å²) in [6.07, 6.45) is 2.19. The van der Waals surface area contributed by atoms with Crippen LogP contribution in [0.3, 0.4) is 0 Å². The van der Waals surface area contributed by atoms with Crippen molar-refractivity contribution < 1.29 is 9.84 Å². The van der Waals surface area contributed by atoms with Crippen molar-refractivity contribution >= 4 is 0 Å². The Hall–Kier alpha value is -1.46. The zero-order valence-electron chi connectivity index (χ0n) is 8.99. The van der Waals surface area contributed by atoms with Crippen LogP contribution < -0.4 is 4.74 Å². The highest BCUT2D eigenvalue weighted by molar-refractivity contribution is 5.39. The summed E-state index contributed by atoms with van der Waals surface area (Å²) in [7, 11) is 0. The molecule has 1 aromatic carbocycles. The predicted molar refractivity (Wildman–Crippen MR) is 60.8 cm³/mol. The summed E-state index contributed by atoms with van der Waals surface area (Å²) in [6, 6.07) is 7.61. The Morgan fingerprint density at radius 3 is 3.00 bits per heavy atom. The lowest BCUT2D eigenvalue weighted by atomic mass is 10.2. The van der Waals surface area contributed by atoms with E-state index in [1.165, 1.54) is 0 Å². The number of hydrogen-bond donors (Lipinski definition) is 1. The van der Waals surface area contributed by atoms with E-state index in [0.29, 0.717) is 0 Å². The van der Waals surface area contributed by atoms with Gasteiger partial charge < -0.3 is 9.84 Å². The molecular formula is C13H16O2. The predicted octanol–water partition coefficient (Wildman–Crippen LogP) is 2.21. The van der Waals surface area contributed by atoms with Crippen LogP contribution in [-0.2, 0) is 0 Å². The van der Waals surface area contributed by atoms with E-state index in [1.54, 1.807) is 0 Å². The minimum atomic E-state index is -0.110. The Kier molecular flexibility index (Phi) is 5.35. The average molecular weight is 204 g/mol. The second kappa shape index (κ2) is 6.92. The van der Waals surface area contributed by atoms with Crippen LogP contribution in [0.4, 0.5) is 0 Å². The van der Waals surface area contributed by atoms with Gasteiger partial charge in [0.1, 0.15) is 12.4 Å². The minimum Gasteiger partial charge on any atom is -0.494 e. The van der Waals surface area contributed by atoms with Crippen LogP contribution in [0, 0.1) is 11.8 Å². The summed E-state index contributed by atoms with van der Waals surface area (Å²) in [5.74, 6) is 6.30. The Labute approximate surface area is 90.9 Å². The summed E-state index contributed by atoms with van der Waals surface area (Å²) in [5, 5.41) is 8.57. The maximum atomic E-state index is 8.57. The summed E-state index contributed by atoms with van der Waals surface area (Å²) in [4.78, 5) is 0. The van der Waals surface area contributed by atoms with E-state index in [1.807, 2.05) is 24.3 Å². The van der Waals surface area contributed by atoms with Crippen molar-refractivity contribution in [1.29, 1.82) is 0 Å². The maximum absolute atomic E-state index is 8.57. The second-order valence-electron chi connectivity index (χ2n) is 3.19. The molecule has 0 fully saturated rings. The first-order chi connectivity index (χ1) is 7.36. The molecule has 0 aliphatic rings. The number of unbranched alkanes of at least 4 members (excludes halogenated alkanes) is 1. The largest absolute Gasteiger partial charge is 0.494 e. The van der Waals surface area contributed by atoms with Gasteiger partial charge in [0.15, 0.2) is 0 Å². The summed E-state index contributed by atoms with van der Waals surface area (Å²) < 4.78 is 5.54. The molecule has 2 heteroatoms. The molecular weight excluding hydrogens is 188 g/mol. The van der Waals surface area contributed by atoms with Crippen LogP contribution in [0.1, 0.15) is 25.3 Å². The fourth-order valence-corrected chi connectivity index (χ4v) is 1.14. The minimum absolute atomic E-state index is 0.110. The van der Waals surface area contributed by atoms with Crippen molar-refractivity contribution in [3.8, 4) is 17.6 Å². The molecule has 1 aromatic rings. The maximum Gasteiger partial charge on any atom is 0.120 e. The Balaban J connectivity index is 2.57. The van der Waals surface area contributed by atoms with E-state index in [9.17, 15) is 0 Å². The van der Waals surface area contributed by atoms with E-state index < -0.39 is 0 Å². The lowest BCUT2D eigenvalue weighted by Gasteiger charge is -2.04. The molecule has 0 amide bonds. The molecule has 15 heavy (non-hydrogen) atoms. The van der Waals surface area contributed by atoms with Gasteiger partial charge in [-0.25, -0.2) is 0 Å². The molecule has 0 saturated heterocycles. The third-order valence-electron chi connectivity index (χ3n) is 1.91. The lowest BCUT2D eigenvalue weighted by molar-refractivity contribution is 0.309. The van der Waals surface area contributed by atoms with Gasteiger partial charge in [-0.05, 0) is 24.6 Å². The first-order valence-corrected chi connectivity index (χ1v) is 5.19. The monoisotopic (exact) mass is 204 g/mol. The summed E-state index contributed by atoms with van der Waals surface area (Å²) >= 11 is 0. The molecule has 0 atom stereocenters. The fraction of sp³-hybridized carbons (Fsp3) is 0.385. The molecule has 0 aliphatic carbocycles. The van der Waals surface area contributed by atoms with E-state index in [0.717, 1.165) is 30.8 Å². The lowest BCUT2D eigenvalue weighted by Crippen LogP contribution is -1.96. The fourth-order valence-electron chi connectivity index (χ4n) is 1.14. The molecule has 80 valence electrons. The van der Waals surface area contributed by atoms with Crippen molar-refractivity contribution in [3.05, 3.63) is 29.8 Å². The molecule has 0 spiro atoms. The third kappa shape index (κ3) is 4.53. The van der Waals surface area contributed by atoms with Crippen molar-refractivity contribution in [1.82, 2.24) is 0 Å². The number of aliphatic hydroxyl groups excluding tert-OH is 1. The van der Waals surface area contributed by atoms with Crippen LogP contribution in [-0.4, -0.2) is 18.3 Å². The molecule has 0 unspecified atom stereocenters. The van der Waals surface area contributed by atoms with Gasteiger partial charge in [0.25, 0.3) is 0 Å². The number of rotatable bonds is 4. The molecule has 1 rings (SSSR count). The summed E-state index contributed by atoms with van der Waals surface area (Å²) in [6.45, 7) is 2.76. The average Bonchev–Trinajstić information content (AvgIpc) is 2.27. The van der Waals surface area contributed by atoms with Gasteiger partial charge in [-0.2, -0.15) is 0 Å². The van der Waals surface area contributed by atoms with Gasteiger partial charge in [-0.3, -0.25) is 0 Å². The van der Waals surface area contributed by atoms with Crippen molar-refractivity contribution in [3.63, 3.8) is 0 Å². The molecule has 0 aliphatic heterocycles. The van der Waals surface area contributed by atoms with Gasteiger partial charge in [-0.1, -0.05) is 31.3 Å². The molecule has 0 aromatic heterocycles. The normalized spacial score (nSPS) is 9.20. The van der Waals surface area contributed by atoms with Crippen LogP contribution >= 0.6 is 0 Å². The zero-order chi connectivity index (χ0) is 10.9. The molecule has 0 saturated carbocycles. The van der Waals surface area contributed by atoms with Crippen LogP contribution in [0.2, 0.25) is 0 Å². The number of benzene rings is 1. The van der Waals surface area contributed by atoms with Crippen molar-refractivity contribution in [2.24, 2.45) is 0 Å². The molecule has 1 N–H and O–H groups in total. The highest BCUT2D eigenvalue weighted by Gasteiger charge is 1.93. The van der Waals surface area contributed by atoms with Gasteiger partial charge in [0.05, 0.1) is 6.61 Å². The van der Waals surface area contributed by atoms with Crippen LogP contribution in [0.15, 0.2) is 24.3 Å². The molecule has 0 radical (unpaired) electrons. The Bertz CT molecular complexity index is 347. The summed E-state index contributed by atoms with van der Waals surface area (Å²) in [5.41, 5.74) is 0.873. The third-order valence-corrected chi connectivity index (χ3v) is 1.91. The first kappa shape index (κ1) is 11.6. The second-order valence-corrected chi connectivity index (χ2v) is 3.19. The van der Waals surface area contributed by atoms with Crippen molar-refractivity contribution in [2.75, 3.05) is 13.2 Å². The molecule has 0 bridgehead atoms. The SMILES string of the molecule is CCCCOc1cccc(C#CCO)c1. The van der Waals surface area contributed by atoms with Gasteiger partial charge >= 0.3 is 0 Å². The van der Waals surface area contributed by atoms with Crippen LogP contribution in [0.25, 0.3) is 0 Å². The van der Waals surface area contributed by atoms with Gasteiger partial charge in [0, 0.05) is 5.56 Å². The topological polar surface area (TPSA) is 29.5 Å². The Morgan fingerprint density at radius 1 is 1.40 bits per heavy atom. The van der Waals surface area contributed by atoms with E-state index in [-0.39, 0.29) is 6.61 Å². The Morgan fingerprint density at radius 2 is 2.27 bits per heavy atom.